The Labute approximate surface area is 235 Å². The first-order chi connectivity index (χ1) is 19.2. The number of carboxylic acids is 1. The van der Waals surface area contributed by atoms with Crippen LogP contribution in [0.15, 0.2) is 52.5 Å². The fourth-order valence-corrected chi connectivity index (χ4v) is 4.37. The Bertz CT molecular complexity index is 1630. The maximum Gasteiger partial charge on any atom is 0.373 e. The van der Waals surface area contributed by atoms with E-state index < -0.39 is 66.4 Å². The highest BCUT2D eigenvalue weighted by Crippen LogP contribution is 2.37. The van der Waals surface area contributed by atoms with E-state index in [1.165, 1.54) is 42.5 Å². The summed E-state index contributed by atoms with van der Waals surface area (Å²) in [5, 5.41) is 23.4. The third kappa shape index (κ3) is 8.03. The summed E-state index contributed by atoms with van der Waals surface area (Å²) in [6.45, 7) is 3.29. The van der Waals surface area contributed by atoms with Gasteiger partial charge in [-0.15, -0.1) is 0 Å². The maximum absolute atomic E-state index is 12.3. The lowest BCUT2D eigenvalue weighted by Gasteiger charge is -2.17. The molecule has 218 valence electrons. The first kappa shape index (κ1) is 31.1. The molecule has 0 amide bonds. The van der Waals surface area contributed by atoms with Crippen LogP contribution in [0.4, 0.5) is 11.5 Å². The summed E-state index contributed by atoms with van der Waals surface area (Å²) >= 11 is -2.51. The number of carboxylic acid groups (broad SMARTS) is 1. The van der Waals surface area contributed by atoms with Crippen LogP contribution in [0, 0.1) is 17.0 Å². The van der Waals surface area contributed by atoms with E-state index in [1.54, 1.807) is 13.8 Å². The summed E-state index contributed by atoms with van der Waals surface area (Å²) in [4.78, 5) is 42.8. The first-order valence-electron chi connectivity index (χ1n) is 11.6. The Balaban J connectivity index is 2.10. The SMILES string of the molecule is CCOC(=O)c1cc(C)cc(Oc2nc(S(C)(=O)=O)nc(NC(Cc3ccc(S(=O)[O-])cc3)C(=O)O)c2[N+](=O)[O-])c1. The van der Waals surface area contributed by atoms with Crippen molar-refractivity contribution in [2.75, 3.05) is 18.2 Å². The average molecular weight is 608 g/mol. The molecule has 0 saturated heterocycles. The summed E-state index contributed by atoms with van der Waals surface area (Å²) in [5.74, 6) is -3.89. The van der Waals surface area contributed by atoms with Gasteiger partial charge < -0.3 is 24.4 Å². The lowest BCUT2D eigenvalue weighted by molar-refractivity contribution is -0.385. The molecule has 1 heterocycles. The number of anilines is 1. The number of nitrogens with one attached hydrogen (secondary N) is 1. The van der Waals surface area contributed by atoms with Crippen LogP contribution in [0.2, 0.25) is 0 Å². The van der Waals surface area contributed by atoms with Gasteiger partial charge in [0, 0.05) is 17.6 Å². The van der Waals surface area contributed by atoms with Gasteiger partial charge in [0.2, 0.25) is 15.7 Å². The summed E-state index contributed by atoms with van der Waals surface area (Å²) in [7, 11) is -4.19. The van der Waals surface area contributed by atoms with Crippen molar-refractivity contribution in [1.29, 1.82) is 0 Å². The van der Waals surface area contributed by atoms with E-state index in [4.69, 9.17) is 9.47 Å². The highest BCUT2D eigenvalue weighted by molar-refractivity contribution is 7.90. The van der Waals surface area contributed by atoms with Crippen molar-refractivity contribution in [2.24, 2.45) is 0 Å². The number of rotatable bonds is 12. The van der Waals surface area contributed by atoms with Crippen molar-refractivity contribution < 1.29 is 46.3 Å². The topological polar surface area (TPSA) is 228 Å². The van der Waals surface area contributed by atoms with Crippen molar-refractivity contribution in [3.05, 3.63) is 69.3 Å². The summed E-state index contributed by atoms with van der Waals surface area (Å²) in [6, 6.07) is 7.70. The van der Waals surface area contributed by atoms with Crippen LogP contribution >= 0.6 is 0 Å². The van der Waals surface area contributed by atoms with Crippen molar-refractivity contribution in [3.63, 3.8) is 0 Å². The Morgan fingerprint density at radius 1 is 1.17 bits per heavy atom. The van der Waals surface area contributed by atoms with Gasteiger partial charge in [-0.05, 0) is 66.4 Å². The molecule has 3 aromatic rings. The fourth-order valence-electron chi connectivity index (χ4n) is 3.51. The van der Waals surface area contributed by atoms with E-state index in [0.717, 1.165) is 6.26 Å². The van der Waals surface area contributed by atoms with Gasteiger partial charge in [-0.1, -0.05) is 12.1 Å². The first-order valence-corrected chi connectivity index (χ1v) is 14.6. The number of hydrogen-bond donors (Lipinski definition) is 2. The van der Waals surface area contributed by atoms with Crippen LogP contribution in [0.1, 0.15) is 28.4 Å². The number of nitro groups is 1. The second kappa shape index (κ2) is 12.8. The molecule has 2 aromatic carbocycles. The standard InChI is InChI=1S/C24H24N4O11S2/c1-4-38-23(31)15-9-13(2)10-16(12-15)39-21-19(28(32)33)20(26-24(27-21)41(3,36)37)25-18(22(29)30)11-14-5-7-17(8-6-14)40(34)35/h5-10,12,18H,4,11H2,1-3H3,(H,29,30)(H,34,35)(H,25,26,27)/p-1. The number of sulfone groups is 1. The summed E-state index contributed by atoms with van der Waals surface area (Å²) in [6.07, 6.45) is 0.441. The molecule has 0 spiro atoms. The number of aryl methyl sites for hydroxylation is 1. The van der Waals surface area contributed by atoms with E-state index in [0.29, 0.717) is 11.1 Å². The Kier molecular flexibility index (Phi) is 9.69. The quantitative estimate of drug-likeness (QED) is 0.0990. The number of aromatic nitrogens is 2. The molecular weight excluding hydrogens is 584 g/mol. The highest BCUT2D eigenvalue weighted by atomic mass is 32.2. The number of aliphatic carboxylic acids is 1. The van der Waals surface area contributed by atoms with Crippen LogP contribution in [0.25, 0.3) is 0 Å². The minimum absolute atomic E-state index is 0.0399. The molecule has 3 rings (SSSR count). The van der Waals surface area contributed by atoms with Gasteiger partial charge in [-0.3, -0.25) is 14.3 Å². The van der Waals surface area contributed by atoms with E-state index in [-0.39, 0.29) is 29.2 Å². The molecular formula is C24H23N4O11S2-. The second-order valence-electron chi connectivity index (χ2n) is 8.51. The van der Waals surface area contributed by atoms with Crippen molar-refractivity contribution in [1.82, 2.24) is 9.97 Å². The monoisotopic (exact) mass is 607 g/mol. The van der Waals surface area contributed by atoms with E-state index in [2.05, 4.69) is 15.3 Å². The molecule has 0 aliphatic rings. The molecule has 0 fully saturated rings. The number of benzene rings is 2. The van der Waals surface area contributed by atoms with Crippen LogP contribution in [-0.2, 0) is 36.9 Å². The number of esters is 1. The van der Waals surface area contributed by atoms with Crippen molar-refractivity contribution >= 4 is 44.4 Å². The van der Waals surface area contributed by atoms with Gasteiger partial charge in [-0.25, -0.2) is 18.0 Å². The smallest absolute Gasteiger partial charge is 0.373 e. The average Bonchev–Trinajstić information content (AvgIpc) is 2.87. The number of nitrogens with zero attached hydrogens (tertiary/aromatic N) is 3. The molecule has 0 aliphatic heterocycles. The van der Waals surface area contributed by atoms with Crippen LogP contribution in [-0.4, -0.2) is 68.0 Å². The zero-order valence-corrected chi connectivity index (χ0v) is 23.4. The molecule has 0 aliphatic carbocycles. The molecule has 17 heteroatoms. The number of carbonyl (C=O) groups excluding carboxylic acids is 1. The number of hydrogen-bond acceptors (Lipinski definition) is 13. The van der Waals surface area contributed by atoms with Crippen molar-refractivity contribution in [2.45, 2.75) is 36.4 Å². The zero-order chi connectivity index (χ0) is 30.5. The third-order valence-electron chi connectivity index (χ3n) is 5.29. The molecule has 2 atom stereocenters. The lowest BCUT2D eigenvalue weighted by Crippen LogP contribution is -2.32. The Hall–Kier alpha value is -4.48. The van der Waals surface area contributed by atoms with Crippen LogP contribution in [0.3, 0.4) is 0 Å². The van der Waals surface area contributed by atoms with Gasteiger partial charge in [0.05, 0.1) is 17.1 Å². The number of carbonyl (C=O) groups is 2. The maximum atomic E-state index is 12.3. The molecule has 0 radical (unpaired) electrons. The van der Waals surface area contributed by atoms with E-state index in [1.807, 2.05) is 0 Å². The zero-order valence-electron chi connectivity index (χ0n) is 21.7. The molecule has 41 heavy (non-hydrogen) atoms. The predicted molar refractivity (Wildman–Crippen MR) is 141 cm³/mol. The molecule has 1 aromatic heterocycles. The molecule has 2 N–H and O–H groups in total. The summed E-state index contributed by atoms with van der Waals surface area (Å²) in [5.41, 5.74) is -0.0680. The minimum atomic E-state index is -4.19. The largest absolute Gasteiger partial charge is 0.768 e. The minimum Gasteiger partial charge on any atom is -0.768 e. The fraction of sp³-hybridized carbons (Fsp3) is 0.250. The predicted octanol–water partition coefficient (Wildman–Crippen LogP) is 2.41. The molecule has 0 saturated carbocycles. The normalized spacial score (nSPS) is 12.7. The Morgan fingerprint density at radius 2 is 1.83 bits per heavy atom. The van der Waals surface area contributed by atoms with Crippen LogP contribution in [0.5, 0.6) is 11.6 Å². The molecule has 2 unspecified atom stereocenters. The van der Waals surface area contributed by atoms with Gasteiger partial charge >= 0.3 is 23.5 Å². The van der Waals surface area contributed by atoms with Gasteiger partial charge in [-0.2, -0.15) is 9.97 Å². The van der Waals surface area contributed by atoms with Crippen LogP contribution < -0.4 is 10.1 Å². The Morgan fingerprint density at radius 3 is 2.37 bits per heavy atom. The van der Waals surface area contributed by atoms with Gasteiger partial charge in [0.1, 0.15) is 11.8 Å². The second-order valence-corrected chi connectivity index (χ2v) is 11.4. The summed E-state index contributed by atoms with van der Waals surface area (Å²) < 4.78 is 57.4. The van der Waals surface area contributed by atoms with E-state index in [9.17, 15) is 42.0 Å². The highest BCUT2D eigenvalue weighted by Gasteiger charge is 2.32. The van der Waals surface area contributed by atoms with Gasteiger partial charge in [0.15, 0.2) is 0 Å². The molecule has 0 bridgehead atoms. The van der Waals surface area contributed by atoms with Crippen molar-refractivity contribution in [3.8, 4) is 11.6 Å². The lowest BCUT2D eigenvalue weighted by atomic mass is 10.1. The van der Waals surface area contributed by atoms with Gasteiger partial charge in [0.25, 0.3) is 5.16 Å². The molecule has 15 nitrogen and oxygen atoms in total. The van der Waals surface area contributed by atoms with E-state index >= 15 is 0 Å². The third-order valence-corrected chi connectivity index (χ3v) is 6.79. The number of ether oxygens (including phenoxy) is 2.